The molecule has 1 aromatic carbocycles. The third kappa shape index (κ3) is 4.07. The van der Waals surface area contributed by atoms with Gasteiger partial charge in [0.2, 0.25) is 0 Å². The molecule has 2 aromatic rings. The fourth-order valence-electron chi connectivity index (χ4n) is 3.04. The first kappa shape index (κ1) is 18.0. The Balaban J connectivity index is 1.59. The summed E-state index contributed by atoms with van der Waals surface area (Å²) in [6.45, 7) is 3.27. The van der Waals surface area contributed by atoms with Crippen molar-refractivity contribution in [2.75, 3.05) is 27.3 Å². The summed E-state index contributed by atoms with van der Waals surface area (Å²) in [7, 11) is 3.14. The number of hydrogen-bond acceptors (Lipinski definition) is 5. The van der Waals surface area contributed by atoms with Crippen molar-refractivity contribution in [1.82, 2.24) is 9.88 Å². The first-order chi connectivity index (χ1) is 12.6. The summed E-state index contributed by atoms with van der Waals surface area (Å²) in [4.78, 5) is 18.9. The van der Waals surface area contributed by atoms with E-state index in [1.807, 2.05) is 24.0 Å². The third-order valence-corrected chi connectivity index (χ3v) is 4.55. The fraction of sp³-hybridized carbons (Fsp3) is 0.400. The molecule has 2 heterocycles. The lowest BCUT2D eigenvalue weighted by Crippen LogP contribution is -2.41. The summed E-state index contributed by atoms with van der Waals surface area (Å²) >= 11 is 0. The molecule has 0 atom stereocenters. The van der Waals surface area contributed by atoms with Crippen LogP contribution < -0.4 is 14.2 Å². The van der Waals surface area contributed by atoms with Gasteiger partial charge in [0.25, 0.3) is 5.91 Å². The van der Waals surface area contributed by atoms with E-state index >= 15 is 0 Å². The number of hydrogen-bond donors (Lipinski definition) is 0. The maximum absolute atomic E-state index is 12.7. The van der Waals surface area contributed by atoms with Crippen LogP contribution in [0.4, 0.5) is 0 Å². The Bertz CT molecular complexity index is 753. The van der Waals surface area contributed by atoms with Gasteiger partial charge >= 0.3 is 0 Å². The number of carbonyl (C=O) groups excluding carboxylic acids is 1. The zero-order valence-corrected chi connectivity index (χ0v) is 15.4. The minimum atomic E-state index is 0.00130. The SMILES string of the molecule is COc1ccc(C(=O)N2CCC(Oc3ccc(C)nc3)CC2)cc1OC. The highest BCUT2D eigenvalue weighted by Gasteiger charge is 2.25. The standard InChI is InChI=1S/C20H24N2O4/c1-14-4-6-17(13-21-14)26-16-8-10-22(11-9-16)20(23)15-5-7-18(24-2)19(12-15)25-3/h4-7,12-13,16H,8-11H2,1-3H3. The van der Waals surface area contributed by atoms with Crippen molar-refractivity contribution >= 4 is 5.91 Å². The van der Waals surface area contributed by atoms with E-state index in [4.69, 9.17) is 14.2 Å². The molecule has 6 nitrogen and oxygen atoms in total. The van der Waals surface area contributed by atoms with Crippen LogP contribution in [0.3, 0.4) is 0 Å². The number of aryl methyl sites for hydroxylation is 1. The molecular weight excluding hydrogens is 332 g/mol. The number of ether oxygens (including phenoxy) is 3. The molecule has 1 saturated heterocycles. The normalized spacial score (nSPS) is 14.8. The molecule has 0 N–H and O–H groups in total. The summed E-state index contributed by atoms with van der Waals surface area (Å²) in [5.74, 6) is 1.95. The molecule has 0 bridgehead atoms. The van der Waals surface area contributed by atoms with Crippen LogP contribution in [0.1, 0.15) is 28.9 Å². The monoisotopic (exact) mass is 356 g/mol. The topological polar surface area (TPSA) is 60.9 Å². The van der Waals surface area contributed by atoms with Gasteiger partial charge in [0.05, 0.1) is 20.4 Å². The van der Waals surface area contributed by atoms with Crippen LogP contribution in [-0.4, -0.2) is 49.2 Å². The molecule has 0 saturated carbocycles. The van der Waals surface area contributed by atoms with Gasteiger partial charge in [0.15, 0.2) is 11.5 Å². The lowest BCUT2D eigenvalue weighted by atomic mass is 10.1. The summed E-state index contributed by atoms with van der Waals surface area (Å²) in [6, 6.07) is 9.12. The van der Waals surface area contributed by atoms with E-state index in [0.717, 1.165) is 24.3 Å². The Kier molecular flexibility index (Phi) is 5.61. The van der Waals surface area contributed by atoms with E-state index in [2.05, 4.69) is 4.98 Å². The third-order valence-electron chi connectivity index (χ3n) is 4.55. The maximum Gasteiger partial charge on any atom is 0.253 e. The summed E-state index contributed by atoms with van der Waals surface area (Å²) in [5.41, 5.74) is 1.57. The van der Waals surface area contributed by atoms with E-state index in [-0.39, 0.29) is 12.0 Å². The van der Waals surface area contributed by atoms with E-state index in [0.29, 0.717) is 30.2 Å². The average Bonchev–Trinajstić information content (AvgIpc) is 2.69. The molecule has 0 aliphatic carbocycles. The number of aromatic nitrogens is 1. The molecule has 0 spiro atoms. The van der Waals surface area contributed by atoms with Gasteiger partial charge in [0, 0.05) is 37.2 Å². The Labute approximate surface area is 153 Å². The predicted molar refractivity (Wildman–Crippen MR) is 98.1 cm³/mol. The highest BCUT2D eigenvalue weighted by atomic mass is 16.5. The van der Waals surface area contributed by atoms with Gasteiger partial charge in [-0.3, -0.25) is 9.78 Å². The number of benzene rings is 1. The number of rotatable bonds is 5. The smallest absolute Gasteiger partial charge is 0.253 e. The van der Waals surface area contributed by atoms with Crippen LogP contribution >= 0.6 is 0 Å². The van der Waals surface area contributed by atoms with Crippen molar-refractivity contribution in [2.24, 2.45) is 0 Å². The van der Waals surface area contributed by atoms with Crippen molar-refractivity contribution in [3.8, 4) is 17.2 Å². The Morgan fingerprint density at radius 3 is 2.42 bits per heavy atom. The van der Waals surface area contributed by atoms with Gasteiger partial charge in [-0.25, -0.2) is 0 Å². The summed E-state index contributed by atoms with van der Waals surface area (Å²) in [6.07, 6.45) is 3.45. The van der Waals surface area contributed by atoms with Gasteiger partial charge in [-0.05, 0) is 37.3 Å². The summed E-state index contributed by atoms with van der Waals surface area (Å²) in [5, 5.41) is 0. The first-order valence-electron chi connectivity index (χ1n) is 8.71. The second kappa shape index (κ2) is 8.08. The van der Waals surface area contributed by atoms with E-state index in [1.54, 1.807) is 38.6 Å². The van der Waals surface area contributed by atoms with Crippen molar-refractivity contribution in [3.63, 3.8) is 0 Å². The molecule has 3 rings (SSSR count). The van der Waals surface area contributed by atoms with Crippen LogP contribution in [0.25, 0.3) is 0 Å². The van der Waals surface area contributed by atoms with E-state index in [1.165, 1.54) is 0 Å². The second-order valence-electron chi connectivity index (χ2n) is 6.31. The molecule has 6 heteroatoms. The minimum Gasteiger partial charge on any atom is -0.493 e. The molecule has 26 heavy (non-hydrogen) atoms. The number of pyridine rings is 1. The highest BCUT2D eigenvalue weighted by molar-refractivity contribution is 5.95. The van der Waals surface area contributed by atoms with Crippen molar-refractivity contribution in [3.05, 3.63) is 47.8 Å². The van der Waals surface area contributed by atoms with Crippen molar-refractivity contribution in [2.45, 2.75) is 25.9 Å². The Morgan fingerprint density at radius 1 is 1.08 bits per heavy atom. The van der Waals surface area contributed by atoms with Crippen LogP contribution in [0, 0.1) is 6.92 Å². The van der Waals surface area contributed by atoms with Crippen LogP contribution in [0.5, 0.6) is 17.2 Å². The average molecular weight is 356 g/mol. The summed E-state index contributed by atoms with van der Waals surface area (Å²) < 4.78 is 16.5. The van der Waals surface area contributed by atoms with E-state index in [9.17, 15) is 4.79 Å². The number of methoxy groups -OCH3 is 2. The fourth-order valence-corrected chi connectivity index (χ4v) is 3.04. The molecule has 1 aliphatic rings. The van der Waals surface area contributed by atoms with Crippen molar-refractivity contribution < 1.29 is 19.0 Å². The van der Waals surface area contributed by atoms with Gasteiger partial charge < -0.3 is 19.1 Å². The largest absolute Gasteiger partial charge is 0.493 e. The molecule has 138 valence electrons. The highest BCUT2D eigenvalue weighted by Crippen LogP contribution is 2.28. The quantitative estimate of drug-likeness (QED) is 0.824. The van der Waals surface area contributed by atoms with Gasteiger partial charge in [0.1, 0.15) is 11.9 Å². The number of amides is 1. The molecule has 1 fully saturated rings. The lowest BCUT2D eigenvalue weighted by molar-refractivity contribution is 0.0594. The molecule has 1 aromatic heterocycles. The minimum absolute atomic E-state index is 0.00130. The van der Waals surface area contributed by atoms with E-state index < -0.39 is 0 Å². The zero-order chi connectivity index (χ0) is 18.5. The van der Waals surface area contributed by atoms with Crippen molar-refractivity contribution in [1.29, 1.82) is 0 Å². The molecule has 0 radical (unpaired) electrons. The van der Waals surface area contributed by atoms with Gasteiger partial charge in [-0.2, -0.15) is 0 Å². The van der Waals surface area contributed by atoms with Crippen LogP contribution in [-0.2, 0) is 0 Å². The Morgan fingerprint density at radius 2 is 1.81 bits per heavy atom. The number of carbonyl (C=O) groups is 1. The number of nitrogens with zero attached hydrogens (tertiary/aromatic N) is 2. The predicted octanol–water partition coefficient (Wildman–Crippen LogP) is 3.09. The first-order valence-corrected chi connectivity index (χ1v) is 8.71. The van der Waals surface area contributed by atoms with Crippen LogP contribution in [0.15, 0.2) is 36.5 Å². The van der Waals surface area contributed by atoms with Crippen LogP contribution in [0.2, 0.25) is 0 Å². The maximum atomic E-state index is 12.7. The molecular formula is C20H24N2O4. The second-order valence-corrected chi connectivity index (χ2v) is 6.31. The lowest BCUT2D eigenvalue weighted by Gasteiger charge is -2.32. The molecule has 1 amide bonds. The van der Waals surface area contributed by atoms with Gasteiger partial charge in [-0.15, -0.1) is 0 Å². The number of piperidine rings is 1. The number of likely N-dealkylation sites (tertiary alicyclic amines) is 1. The molecule has 0 unspecified atom stereocenters. The Hall–Kier alpha value is -2.76. The van der Waals surface area contributed by atoms with Gasteiger partial charge in [-0.1, -0.05) is 0 Å². The molecule has 1 aliphatic heterocycles. The zero-order valence-electron chi connectivity index (χ0n) is 15.4.